The van der Waals surface area contributed by atoms with E-state index in [9.17, 15) is 14.4 Å². The van der Waals surface area contributed by atoms with Gasteiger partial charge in [0, 0.05) is 12.2 Å². The summed E-state index contributed by atoms with van der Waals surface area (Å²) in [6, 6.07) is 7.20. The molecule has 0 saturated carbocycles. The molecule has 7 heteroatoms. The van der Waals surface area contributed by atoms with Gasteiger partial charge in [-0.05, 0) is 43.9 Å². The third kappa shape index (κ3) is 10.4. The normalized spacial score (nSPS) is 11.8. The highest BCUT2D eigenvalue weighted by Crippen LogP contribution is 2.17. The zero-order valence-electron chi connectivity index (χ0n) is 17.5. The first-order valence-corrected chi connectivity index (χ1v) is 9.17. The van der Waals surface area contributed by atoms with Gasteiger partial charge in [-0.2, -0.15) is 0 Å². The molecule has 28 heavy (non-hydrogen) atoms. The topological polar surface area (TPSA) is 96.5 Å². The number of rotatable bonds is 6. The second-order valence-electron chi connectivity index (χ2n) is 8.48. The number of para-hydroxylation sites is 1. The van der Waals surface area contributed by atoms with Gasteiger partial charge in [-0.3, -0.25) is 9.59 Å². The summed E-state index contributed by atoms with van der Waals surface area (Å²) in [6.45, 7) is 11.3. The van der Waals surface area contributed by atoms with E-state index in [1.165, 1.54) is 6.08 Å². The first-order valence-electron chi connectivity index (χ1n) is 9.17. The lowest BCUT2D eigenvalue weighted by atomic mass is 9.96. The predicted octanol–water partition coefficient (Wildman–Crippen LogP) is 3.37. The van der Waals surface area contributed by atoms with Crippen molar-refractivity contribution in [2.45, 2.75) is 53.7 Å². The molecular formula is C21H31N3O4. The first kappa shape index (κ1) is 23.2. The van der Waals surface area contributed by atoms with Crippen LogP contribution in [0.15, 0.2) is 36.4 Å². The summed E-state index contributed by atoms with van der Waals surface area (Å²) in [5, 5.41) is 7.93. The maximum Gasteiger partial charge on any atom is 0.408 e. The van der Waals surface area contributed by atoms with Crippen molar-refractivity contribution >= 4 is 23.6 Å². The molecule has 0 saturated heterocycles. The fourth-order valence-electron chi connectivity index (χ4n) is 2.02. The van der Waals surface area contributed by atoms with Crippen LogP contribution in [0.3, 0.4) is 0 Å². The van der Waals surface area contributed by atoms with Crippen molar-refractivity contribution in [1.82, 2.24) is 10.6 Å². The first-order chi connectivity index (χ1) is 12.9. The molecule has 0 fully saturated rings. The Hall–Kier alpha value is -2.83. The minimum absolute atomic E-state index is 0.0913. The van der Waals surface area contributed by atoms with Crippen LogP contribution < -0.4 is 16.0 Å². The number of hydrogen-bond donors (Lipinski definition) is 3. The van der Waals surface area contributed by atoms with E-state index in [0.717, 1.165) is 5.56 Å². The molecule has 1 aromatic rings. The van der Waals surface area contributed by atoms with Gasteiger partial charge in [0.1, 0.15) is 12.1 Å². The van der Waals surface area contributed by atoms with Crippen molar-refractivity contribution in [3.05, 3.63) is 42.0 Å². The minimum Gasteiger partial charge on any atom is -0.444 e. The van der Waals surface area contributed by atoms with Gasteiger partial charge in [-0.25, -0.2) is 4.79 Å². The van der Waals surface area contributed by atoms with Crippen LogP contribution in [0.4, 0.5) is 10.5 Å². The molecule has 1 rings (SSSR count). The van der Waals surface area contributed by atoms with Gasteiger partial charge in [0.25, 0.3) is 0 Å². The molecule has 0 atom stereocenters. The van der Waals surface area contributed by atoms with Crippen molar-refractivity contribution in [3.63, 3.8) is 0 Å². The van der Waals surface area contributed by atoms with E-state index in [1.54, 1.807) is 32.9 Å². The summed E-state index contributed by atoms with van der Waals surface area (Å²) in [5.74, 6) is -0.597. The Morgan fingerprint density at radius 1 is 1.00 bits per heavy atom. The van der Waals surface area contributed by atoms with Crippen LogP contribution in [-0.4, -0.2) is 30.1 Å². The number of allylic oxidation sites excluding steroid dienone is 1. The van der Waals surface area contributed by atoms with Gasteiger partial charge in [0.2, 0.25) is 11.8 Å². The zero-order chi connectivity index (χ0) is 21.4. The van der Waals surface area contributed by atoms with E-state index in [4.69, 9.17) is 4.74 Å². The summed E-state index contributed by atoms with van der Waals surface area (Å²) in [4.78, 5) is 35.6. The van der Waals surface area contributed by atoms with Crippen molar-refractivity contribution in [2.24, 2.45) is 5.41 Å². The standard InChI is InChI=1S/C21H31N3O4/c1-20(2,3)12-11-17(25)24-16-10-8-7-9-15(16)13-22-18(26)14-23-19(27)28-21(4,5)6/h7-12H,13-14H2,1-6H3,(H,22,26)(H,23,27)(H,24,25)/b12-11+. The SMILES string of the molecule is CC(C)(C)/C=C/C(=O)Nc1ccccc1CNC(=O)CNC(=O)OC(C)(C)C. The maximum atomic E-state index is 12.1. The average Bonchev–Trinajstić information content (AvgIpc) is 2.55. The lowest BCUT2D eigenvalue weighted by Crippen LogP contribution is -2.39. The summed E-state index contributed by atoms with van der Waals surface area (Å²) in [5.41, 5.74) is 0.655. The van der Waals surface area contributed by atoms with Crippen LogP contribution in [-0.2, 0) is 20.9 Å². The monoisotopic (exact) mass is 389 g/mol. The fraction of sp³-hybridized carbons (Fsp3) is 0.476. The highest BCUT2D eigenvalue weighted by atomic mass is 16.6. The number of carbonyl (C=O) groups is 3. The highest BCUT2D eigenvalue weighted by Gasteiger charge is 2.16. The van der Waals surface area contributed by atoms with E-state index in [1.807, 2.05) is 39.0 Å². The highest BCUT2D eigenvalue weighted by molar-refractivity contribution is 5.99. The van der Waals surface area contributed by atoms with Crippen LogP contribution in [0.5, 0.6) is 0 Å². The molecule has 154 valence electrons. The van der Waals surface area contributed by atoms with E-state index >= 15 is 0 Å². The van der Waals surface area contributed by atoms with Crippen molar-refractivity contribution < 1.29 is 19.1 Å². The van der Waals surface area contributed by atoms with Gasteiger partial charge < -0.3 is 20.7 Å². The van der Waals surface area contributed by atoms with Gasteiger partial charge >= 0.3 is 6.09 Å². The molecule has 7 nitrogen and oxygen atoms in total. The lowest BCUT2D eigenvalue weighted by Gasteiger charge is -2.19. The summed E-state index contributed by atoms with van der Waals surface area (Å²) < 4.78 is 5.08. The Balaban J connectivity index is 2.57. The number of hydrogen-bond acceptors (Lipinski definition) is 4. The van der Waals surface area contributed by atoms with Crippen LogP contribution in [0.1, 0.15) is 47.1 Å². The second kappa shape index (κ2) is 9.92. The largest absolute Gasteiger partial charge is 0.444 e. The van der Waals surface area contributed by atoms with Gasteiger partial charge in [-0.1, -0.05) is 45.0 Å². The molecule has 0 bridgehead atoms. The van der Waals surface area contributed by atoms with Crippen LogP contribution in [0.25, 0.3) is 0 Å². The number of carbonyl (C=O) groups excluding carboxylic acids is 3. The second-order valence-corrected chi connectivity index (χ2v) is 8.48. The third-order valence-electron chi connectivity index (χ3n) is 3.28. The van der Waals surface area contributed by atoms with Crippen molar-refractivity contribution in [1.29, 1.82) is 0 Å². The average molecular weight is 389 g/mol. The van der Waals surface area contributed by atoms with E-state index < -0.39 is 11.7 Å². The number of benzene rings is 1. The smallest absolute Gasteiger partial charge is 0.408 e. The number of ether oxygens (including phenoxy) is 1. The Labute approximate surface area is 166 Å². The van der Waals surface area contributed by atoms with Crippen LogP contribution >= 0.6 is 0 Å². The van der Waals surface area contributed by atoms with Gasteiger partial charge in [0.05, 0.1) is 0 Å². The fourth-order valence-corrected chi connectivity index (χ4v) is 2.02. The number of amides is 3. The number of anilines is 1. The molecule has 0 aliphatic rings. The molecule has 0 aliphatic heterocycles. The van der Waals surface area contributed by atoms with Crippen molar-refractivity contribution in [3.8, 4) is 0 Å². The van der Waals surface area contributed by atoms with E-state index in [2.05, 4.69) is 16.0 Å². The quantitative estimate of drug-likeness (QED) is 0.650. The Morgan fingerprint density at radius 2 is 1.64 bits per heavy atom. The van der Waals surface area contributed by atoms with Gasteiger partial charge in [-0.15, -0.1) is 0 Å². The number of alkyl carbamates (subject to hydrolysis) is 1. The van der Waals surface area contributed by atoms with Crippen molar-refractivity contribution in [2.75, 3.05) is 11.9 Å². The van der Waals surface area contributed by atoms with Crippen LogP contribution in [0, 0.1) is 5.41 Å². The molecule has 0 aromatic heterocycles. The summed E-state index contributed by atoms with van der Waals surface area (Å²) >= 11 is 0. The molecule has 3 amide bonds. The molecular weight excluding hydrogens is 358 g/mol. The molecule has 3 N–H and O–H groups in total. The minimum atomic E-state index is -0.652. The Kier molecular flexibility index (Phi) is 8.22. The van der Waals surface area contributed by atoms with E-state index in [-0.39, 0.29) is 30.3 Å². The van der Waals surface area contributed by atoms with E-state index in [0.29, 0.717) is 5.69 Å². The predicted molar refractivity (Wildman–Crippen MR) is 110 cm³/mol. The molecule has 0 radical (unpaired) electrons. The third-order valence-corrected chi connectivity index (χ3v) is 3.28. The van der Waals surface area contributed by atoms with Crippen LogP contribution in [0.2, 0.25) is 0 Å². The molecule has 0 heterocycles. The number of nitrogens with one attached hydrogen (secondary N) is 3. The zero-order valence-corrected chi connectivity index (χ0v) is 17.5. The Morgan fingerprint density at radius 3 is 2.25 bits per heavy atom. The summed E-state index contributed by atoms with van der Waals surface area (Å²) in [7, 11) is 0. The Bertz CT molecular complexity index is 728. The maximum absolute atomic E-state index is 12.1. The molecule has 0 aliphatic carbocycles. The molecule has 0 spiro atoms. The lowest BCUT2D eigenvalue weighted by molar-refractivity contribution is -0.120. The molecule has 1 aromatic carbocycles. The summed E-state index contributed by atoms with van der Waals surface area (Å²) in [6.07, 6.45) is 2.68. The van der Waals surface area contributed by atoms with Gasteiger partial charge in [0.15, 0.2) is 0 Å². The molecule has 0 unspecified atom stereocenters.